The molecule has 0 aromatic heterocycles. The lowest BCUT2D eigenvalue weighted by molar-refractivity contribution is -0.138. The number of benzene rings is 2. The molecule has 0 saturated heterocycles. The van der Waals surface area contributed by atoms with E-state index in [4.69, 9.17) is 16.3 Å². The smallest absolute Gasteiger partial charge is 0.322 e. The van der Waals surface area contributed by atoms with Crippen LogP contribution in [0.15, 0.2) is 53.4 Å². The molecule has 2 aromatic carbocycles. The van der Waals surface area contributed by atoms with Crippen LogP contribution in [0.4, 0.5) is 0 Å². The number of aliphatic carboxylic acids is 1. The van der Waals surface area contributed by atoms with Crippen molar-refractivity contribution in [3.63, 3.8) is 0 Å². The summed E-state index contributed by atoms with van der Waals surface area (Å²) >= 11 is 5.93. The first-order valence-corrected chi connectivity index (χ1v) is 8.82. The molecule has 2 N–H and O–H groups in total. The van der Waals surface area contributed by atoms with Gasteiger partial charge in [-0.3, -0.25) is 4.79 Å². The molecule has 2 rings (SSSR count). The van der Waals surface area contributed by atoms with E-state index in [1.165, 1.54) is 25.3 Å². The Bertz CT molecular complexity index is 824. The first-order valence-electron chi connectivity index (χ1n) is 6.96. The Labute approximate surface area is 145 Å². The van der Waals surface area contributed by atoms with Gasteiger partial charge in [-0.15, -0.1) is 0 Å². The van der Waals surface area contributed by atoms with Gasteiger partial charge in [0, 0.05) is 0 Å². The summed E-state index contributed by atoms with van der Waals surface area (Å²) in [4.78, 5) is 11.3. The minimum absolute atomic E-state index is 0.0271. The fourth-order valence-corrected chi connectivity index (χ4v) is 3.64. The molecule has 6 nitrogen and oxygen atoms in total. The number of carbonyl (C=O) groups is 1. The second-order valence-corrected chi connectivity index (χ2v) is 7.12. The normalized spacial score (nSPS) is 12.6. The number of ether oxygens (including phenoxy) is 1. The lowest BCUT2D eigenvalue weighted by atomic mass is 10.1. The summed E-state index contributed by atoms with van der Waals surface area (Å²) in [5.74, 6) is -0.934. The predicted octanol–water partition coefficient (Wildman–Crippen LogP) is 2.32. The minimum atomic E-state index is -4.04. The fourth-order valence-electron chi connectivity index (χ4n) is 2.10. The quantitative estimate of drug-likeness (QED) is 0.781. The number of hydrogen-bond donors (Lipinski definition) is 2. The van der Waals surface area contributed by atoms with Crippen LogP contribution in [0.5, 0.6) is 5.75 Å². The summed E-state index contributed by atoms with van der Waals surface area (Å²) in [5.41, 5.74) is 0.709. The number of rotatable bonds is 7. The zero-order chi connectivity index (χ0) is 17.7. The molecule has 0 amide bonds. The fraction of sp³-hybridized carbons (Fsp3) is 0.188. The monoisotopic (exact) mass is 369 g/mol. The maximum atomic E-state index is 12.4. The van der Waals surface area contributed by atoms with Gasteiger partial charge in [0.2, 0.25) is 10.0 Å². The Morgan fingerprint density at radius 3 is 2.46 bits per heavy atom. The molecular formula is C16H16ClNO5S. The molecule has 0 heterocycles. The number of hydrogen-bond acceptors (Lipinski definition) is 4. The Balaban J connectivity index is 2.24. The zero-order valence-corrected chi connectivity index (χ0v) is 14.3. The van der Waals surface area contributed by atoms with E-state index in [0.717, 1.165) is 0 Å². The van der Waals surface area contributed by atoms with E-state index < -0.39 is 22.0 Å². The molecule has 0 saturated carbocycles. The van der Waals surface area contributed by atoms with Crippen LogP contribution in [0.25, 0.3) is 0 Å². The molecule has 0 radical (unpaired) electrons. The van der Waals surface area contributed by atoms with Gasteiger partial charge >= 0.3 is 5.97 Å². The van der Waals surface area contributed by atoms with Crippen molar-refractivity contribution in [1.29, 1.82) is 0 Å². The third kappa shape index (κ3) is 4.47. The molecular weight excluding hydrogens is 354 g/mol. The predicted molar refractivity (Wildman–Crippen MR) is 89.9 cm³/mol. The molecule has 0 spiro atoms. The topological polar surface area (TPSA) is 92.7 Å². The highest BCUT2D eigenvalue weighted by molar-refractivity contribution is 7.89. The van der Waals surface area contributed by atoms with Crippen LogP contribution in [0.1, 0.15) is 5.56 Å². The van der Waals surface area contributed by atoms with Crippen molar-refractivity contribution < 1.29 is 23.1 Å². The number of carboxylic acid groups (broad SMARTS) is 1. The molecule has 0 fully saturated rings. The van der Waals surface area contributed by atoms with Crippen LogP contribution in [-0.4, -0.2) is 32.6 Å². The molecule has 24 heavy (non-hydrogen) atoms. The highest BCUT2D eigenvalue weighted by atomic mass is 35.5. The molecule has 0 bridgehead atoms. The maximum Gasteiger partial charge on any atom is 0.322 e. The molecule has 1 atom stereocenters. The first-order chi connectivity index (χ1) is 11.3. The largest absolute Gasteiger partial charge is 0.495 e. The Morgan fingerprint density at radius 2 is 1.92 bits per heavy atom. The summed E-state index contributed by atoms with van der Waals surface area (Å²) in [6.07, 6.45) is 0.0271. The van der Waals surface area contributed by atoms with E-state index in [-0.39, 0.29) is 16.3 Å². The first kappa shape index (κ1) is 18.3. The standard InChI is InChI=1S/C16H16ClNO5S/c1-23-15-8-7-12(10-13(15)17)24(21,22)18-14(16(19)20)9-11-5-3-2-4-6-11/h2-8,10,14,18H,9H2,1H3,(H,19,20). The highest BCUT2D eigenvalue weighted by Crippen LogP contribution is 2.27. The van der Waals surface area contributed by atoms with Gasteiger partial charge in [0.1, 0.15) is 11.8 Å². The highest BCUT2D eigenvalue weighted by Gasteiger charge is 2.26. The SMILES string of the molecule is COc1ccc(S(=O)(=O)NC(Cc2ccccc2)C(=O)O)cc1Cl. The van der Waals surface area contributed by atoms with Gasteiger partial charge in [0.05, 0.1) is 17.0 Å². The molecule has 0 aliphatic carbocycles. The van der Waals surface area contributed by atoms with Crippen molar-refractivity contribution in [1.82, 2.24) is 4.72 Å². The Morgan fingerprint density at radius 1 is 1.25 bits per heavy atom. The molecule has 0 aliphatic heterocycles. The van der Waals surface area contributed by atoms with E-state index in [1.807, 2.05) is 0 Å². The average molecular weight is 370 g/mol. The zero-order valence-electron chi connectivity index (χ0n) is 12.8. The van der Waals surface area contributed by atoms with Crippen molar-refractivity contribution >= 4 is 27.6 Å². The van der Waals surface area contributed by atoms with Crippen molar-refractivity contribution in [2.45, 2.75) is 17.4 Å². The number of nitrogens with one attached hydrogen (secondary N) is 1. The van der Waals surface area contributed by atoms with Gasteiger partial charge in [0.15, 0.2) is 0 Å². The second kappa shape index (κ2) is 7.65. The van der Waals surface area contributed by atoms with E-state index in [9.17, 15) is 18.3 Å². The molecule has 128 valence electrons. The number of carboxylic acids is 1. The van der Waals surface area contributed by atoms with Gasteiger partial charge in [-0.1, -0.05) is 41.9 Å². The van der Waals surface area contributed by atoms with Gasteiger partial charge < -0.3 is 9.84 Å². The van der Waals surface area contributed by atoms with Crippen LogP contribution in [0.3, 0.4) is 0 Å². The lowest BCUT2D eigenvalue weighted by Crippen LogP contribution is -2.42. The van der Waals surface area contributed by atoms with Crippen molar-refractivity contribution in [2.24, 2.45) is 0 Å². The van der Waals surface area contributed by atoms with Gasteiger partial charge in [-0.2, -0.15) is 4.72 Å². The summed E-state index contributed by atoms with van der Waals surface area (Å²) < 4.78 is 32.0. The van der Waals surface area contributed by atoms with Gasteiger partial charge in [-0.25, -0.2) is 8.42 Å². The van der Waals surface area contributed by atoms with Crippen molar-refractivity contribution in [2.75, 3.05) is 7.11 Å². The summed E-state index contributed by atoms with van der Waals surface area (Å²) in [7, 11) is -2.63. The maximum absolute atomic E-state index is 12.4. The van der Waals surface area contributed by atoms with E-state index in [0.29, 0.717) is 11.3 Å². The van der Waals surface area contributed by atoms with E-state index >= 15 is 0 Å². The molecule has 1 unspecified atom stereocenters. The summed E-state index contributed by atoms with van der Waals surface area (Å²) in [6, 6.07) is 11.4. The van der Waals surface area contributed by atoms with Gasteiger partial charge in [0.25, 0.3) is 0 Å². The average Bonchev–Trinajstić information content (AvgIpc) is 2.55. The third-order valence-corrected chi connectivity index (χ3v) is 5.08. The second-order valence-electron chi connectivity index (χ2n) is 5.00. The number of sulfonamides is 1. The van der Waals surface area contributed by atoms with Gasteiger partial charge in [-0.05, 0) is 30.2 Å². The number of halogens is 1. The lowest BCUT2D eigenvalue weighted by Gasteiger charge is -2.15. The van der Waals surface area contributed by atoms with Crippen LogP contribution in [0, 0.1) is 0 Å². The third-order valence-electron chi connectivity index (χ3n) is 3.31. The number of methoxy groups -OCH3 is 1. The van der Waals surface area contributed by atoms with Crippen LogP contribution < -0.4 is 9.46 Å². The van der Waals surface area contributed by atoms with E-state index in [2.05, 4.69) is 4.72 Å². The van der Waals surface area contributed by atoms with Crippen molar-refractivity contribution in [3.8, 4) is 5.75 Å². The molecule has 8 heteroatoms. The van der Waals surface area contributed by atoms with Crippen LogP contribution in [-0.2, 0) is 21.2 Å². The van der Waals surface area contributed by atoms with Crippen LogP contribution in [0.2, 0.25) is 5.02 Å². The Hall–Kier alpha value is -2.09. The molecule has 2 aromatic rings. The van der Waals surface area contributed by atoms with Crippen molar-refractivity contribution in [3.05, 3.63) is 59.1 Å². The molecule has 0 aliphatic rings. The summed E-state index contributed by atoms with van der Waals surface area (Å²) in [5, 5.41) is 9.43. The van der Waals surface area contributed by atoms with E-state index in [1.54, 1.807) is 30.3 Å². The summed E-state index contributed by atoms with van der Waals surface area (Å²) in [6.45, 7) is 0. The van der Waals surface area contributed by atoms with Crippen LogP contribution >= 0.6 is 11.6 Å². The Kier molecular flexibility index (Phi) is 5.82. The minimum Gasteiger partial charge on any atom is -0.495 e.